The molecule has 5 rings (SSSR count). The third kappa shape index (κ3) is 3.27. The molecule has 2 aromatic rings. The lowest BCUT2D eigenvalue weighted by atomic mass is 10.0. The van der Waals surface area contributed by atoms with E-state index in [1.165, 1.54) is 55.5 Å². The first-order valence-electron chi connectivity index (χ1n) is 10.9. The Kier molecular flexibility index (Phi) is 4.52. The summed E-state index contributed by atoms with van der Waals surface area (Å²) in [7, 11) is 2.03. The van der Waals surface area contributed by atoms with Crippen LogP contribution in [0.15, 0.2) is 6.20 Å². The van der Waals surface area contributed by atoms with Crippen molar-refractivity contribution in [3.05, 3.63) is 23.1 Å². The number of amides is 1. The van der Waals surface area contributed by atoms with Crippen LogP contribution in [0.3, 0.4) is 0 Å². The molecule has 3 heterocycles. The molecule has 2 saturated carbocycles. The van der Waals surface area contributed by atoms with Crippen molar-refractivity contribution in [1.29, 1.82) is 0 Å². The highest BCUT2D eigenvalue weighted by Gasteiger charge is 2.31. The molecule has 28 heavy (non-hydrogen) atoms. The SMILES string of the molecule is Cc1cnc(-c2nn(C)c3c2CN(C(=O)CC2CCCC2)CC3)n1CC1CC1. The number of hydrogen-bond acceptors (Lipinski definition) is 3. The van der Waals surface area contributed by atoms with Crippen molar-refractivity contribution in [2.45, 2.75) is 71.4 Å². The number of fused-ring (bicyclic) bond motifs is 1. The van der Waals surface area contributed by atoms with Crippen LogP contribution in [-0.4, -0.2) is 36.7 Å². The molecular formula is C22H31N5O. The molecule has 3 aliphatic rings. The van der Waals surface area contributed by atoms with Crippen molar-refractivity contribution in [2.75, 3.05) is 6.54 Å². The van der Waals surface area contributed by atoms with Crippen molar-refractivity contribution in [2.24, 2.45) is 18.9 Å². The van der Waals surface area contributed by atoms with Crippen LogP contribution in [0.4, 0.5) is 0 Å². The minimum atomic E-state index is 0.324. The highest BCUT2D eigenvalue weighted by molar-refractivity contribution is 5.77. The number of aryl methyl sites for hydroxylation is 2. The van der Waals surface area contributed by atoms with Gasteiger partial charge in [0.15, 0.2) is 5.82 Å². The van der Waals surface area contributed by atoms with Crippen LogP contribution >= 0.6 is 0 Å². The van der Waals surface area contributed by atoms with Gasteiger partial charge < -0.3 is 9.47 Å². The number of hydrogen-bond donors (Lipinski definition) is 0. The zero-order valence-corrected chi connectivity index (χ0v) is 17.2. The minimum Gasteiger partial charge on any atom is -0.338 e. The smallest absolute Gasteiger partial charge is 0.223 e. The number of rotatable bonds is 5. The molecule has 0 radical (unpaired) electrons. The maximum absolute atomic E-state index is 12.9. The van der Waals surface area contributed by atoms with E-state index >= 15 is 0 Å². The lowest BCUT2D eigenvalue weighted by molar-refractivity contribution is -0.133. The van der Waals surface area contributed by atoms with Crippen molar-refractivity contribution in [1.82, 2.24) is 24.2 Å². The summed E-state index contributed by atoms with van der Waals surface area (Å²) in [5.74, 6) is 2.69. The molecule has 0 aromatic carbocycles. The van der Waals surface area contributed by atoms with Crippen LogP contribution in [0.2, 0.25) is 0 Å². The summed E-state index contributed by atoms with van der Waals surface area (Å²) in [5, 5.41) is 4.86. The third-order valence-electron chi connectivity index (χ3n) is 6.94. The van der Waals surface area contributed by atoms with Gasteiger partial charge in [0, 0.05) is 62.7 Å². The van der Waals surface area contributed by atoms with E-state index in [1.54, 1.807) is 0 Å². The maximum atomic E-state index is 12.9. The molecule has 2 fully saturated rings. The Labute approximate surface area is 166 Å². The molecule has 1 aliphatic heterocycles. The number of aromatic nitrogens is 4. The molecule has 6 nitrogen and oxygen atoms in total. The Balaban J connectivity index is 1.41. The molecule has 6 heteroatoms. The van der Waals surface area contributed by atoms with Crippen LogP contribution in [0, 0.1) is 18.8 Å². The van der Waals surface area contributed by atoms with Gasteiger partial charge in [-0.2, -0.15) is 5.10 Å². The van der Waals surface area contributed by atoms with Gasteiger partial charge in [0.25, 0.3) is 0 Å². The number of carbonyl (C=O) groups is 1. The average molecular weight is 382 g/mol. The molecule has 1 amide bonds. The van der Waals surface area contributed by atoms with Gasteiger partial charge in [0.1, 0.15) is 5.69 Å². The van der Waals surface area contributed by atoms with Gasteiger partial charge in [-0.1, -0.05) is 12.8 Å². The minimum absolute atomic E-state index is 0.324. The summed E-state index contributed by atoms with van der Waals surface area (Å²) in [4.78, 5) is 19.7. The second-order valence-corrected chi connectivity index (χ2v) is 9.09. The van der Waals surface area contributed by atoms with E-state index in [0.29, 0.717) is 18.4 Å². The van der Waals surface area contributed by atoms with Crippen molar-refractivity contribution < 1.29 is 4.79 Å². The zero-order valence-electron chi connectivity index (χ0n) is 17.2. The Bertz CT molecular complexity index is 885. The number of carbonyl (C=O) groups excluding carboxylic acids is 1. The van der Waals surface area contributed by atoms with Crippen LogP contribution < -0.4 is 0 Å². The molecule has 0 bridgehead atoms. The van der Waals surface area contributed by atoms with E-state index in [1.807, 2.05) is 17.9 Å². The predicted molar refractivity (Wildman–Crippen MR) is 108 cm³/mol. The molecule has 150 valence electrons. The molecule has 0 atom stereocenters. The maximum Gasteiger partial charge on any atom is 0.223 e. The van der Waals surface area contributed by atoms with Crippen molar-refractivity contribution in [3.8, 4) is 11.5 Å². The standard InChI is InChI=1S/C22H31N5O/c1-15-12-23-22(27(15)13-17-7-8-17)21-18-14-26(10-9-19(18)25(2)24-21)20(28)11-16-5-3-4-6-16/h12,16-17H,3-11,13-14H2,1-2H3. The van der Waals surface area contributed by atoms with E-state index in [4.69, 9.17) is 10.1 Å². The van der Waals surface area contributed by atoms with E-state index in [2.05, 4.69) is 16.4 Å². The zero-order chi connectivity index (χ0) is 19.3. The molecular weight excluding hydrogens is 350 g/mol. The predicted octanol–water partition coefficient (Wildman–Crippen LogP) is 3.47. The molecule has 0 N–H and O–H groups in total. The van der Waals surface area contributed by atoms with Crippen LogP contribution in [0.5, 0.6) is 0 Å². The topological polar surface area (TPSA) is 56.0 Å². The van der Waals surface area contributed by atoms with Gasteiger partial charge in [-0.3, -0.25) is 9.48 Å². The Morgan fingerprint density at radius 2 is 1.96 bits per heavy atom. The number of nitrogens with zero attached hydrogens (tertiary/aromatic N) is 5. The molecule has 0 unspecified atom stereocenters. The van der Waals surface area contributed by atoms with Crippen molar-refractivity contribution in [3.63, 3.8) is 0 Å². The fourth-order valence-corrected chi connectivity index (χ4v) is 5.01. The fraction of sp³-hybridized carbons (Fsp3) is 0.682. The van der Waals surface area contributed by atoms with E-state index in [0.717, 1.165) is 43.4 Å². The molecule has 2 aromatic heterocycles. The molecule has 0 spiro atoms. The van der Waals surface area contributed by atoms with Crippen LogP contribution in [-0.2, 0) is 31.4 Å². The first-order chi connectivity index (χ1) is 13.6. The van der Waals surface area contributed by atoms with Gasteiger partial charge in [-0.05, 0) is 44.4 Å². The summed E-state index contributed by atoms with van der Waals surface area (Å²) in [5.41, 5.74) is 4.64. The Morgan fingerprint density at radius 1 is 1.18 bits per heavy atom. The van der Waals surface area contributed by atoms with Crippen LogP contribution in [0.1, 0.15) is 61.9 Å². The van der Waals surface area contributed by atoms with Gasteiger partial charge in [0.2, 0.25) is 5.91 Å². The highest BCUT2D eigenvalue weighted by atomic mass is 16.2. The quantitative estimate of drug-likeness (QED) is 0.797. The Morgan fingerprint density at radius 3 is 2.71 bits per heavy atom. The van der Waals surface area contributed by atoms with Crippen molar-refractivity contribution >= 4 is 5.91 Å². The summed E-state index contributed by atoms with van der Waals surface area (Å²) >= 11 is 0. The largest absolute Gasteiger partial charge is 0.338 e. The second-order valence-electron chi connectivity index (χ2n) is 9.09. The monoisotopic (exact) mass is 381 g/mol. The summed E-state index contributed by atoms with van der Waals surface area (Å²) in [6, 6.07) is 0. The van der Waals surface area contributed by atoms with Crippen LogP contribution in [0.25, 0.3) is 11.5 Å². The van der Waals surface area contributed by atoms with Gasteiger partial charge in [0.05, 0.1) is 0 Å². The van der Waals surface area contributed by atoms with Gasteiger partial charge >= 0.3 is 0 Å². The number of imidazole rings is 1. The first kappa shape index (κ1) is 18.0. The fourth-order valence-electron chi connectivity index (χ4n) is 5.01. The molecule has 0 saturated heterocycles. The second kappa shape index (κ2) is 7.05. The molecule has 2 aliphatic carbocycles. The lowest BCUT2D eigenvalue weighted by Gasteiger charge is -2.28. The summed E-state index contributed by atoms with van der Waals surface area (Å²) < 4.78 is 4.34. The highest BCUT2D eigenvalue weighted by Crippen LogP contribution is 2.35. The van der Waals surface area contributed by atoms with E-state index in [-0.39, 0.29) is 0 Å². The van der Waals surface area contributed by atoms with E-state index in [9.17, 15) is 4.79 Å². The lowest BCUT2D eigenvalue weighted by Crippen LogP contribution is -2.37. The Hall–Kier alpha value is -2.11. The van der Waals surface area contributed by atoms with Gasteiger partial charge in [-0.15, -0.1) is 0 Å². The summed E-state index contributed by atoms with van der Waals surface area (Å²) in [6.07, 6.45) is 11.2. The summed E-state index contributed by atoms with van der Waals surface area (Å²) in [6.45, 7) is 4.66. The first-order valence-corrected chi connectivity index (χ1v) is 10.9. The van der Waals surface area contributed by atoms with Gasteiger partial charge in [-0.25, -0.2) is 4.98 Å². The third-order valence-corrected chi connectivity index (χ3v) is 6.94. The normalized spacial score (nSPS) is 20.0. The van der Waals surface area contributed by atoms with E-state index < -0.39 is 0 Å². The average Bonchev–Trinajstić information content (AvgIpc) is 3.06.